The van der Waals surface area contributed by atoms with Gasteiger partial charge in [-0.2, -0.15) is 0 Å². The van der Waals surface area contributed by atoms with Crippen LogP contribution in [-0.2, 0) is 30.7 Å². The van der Waals surface area contributed by atoms with Gasteiger partial charge in [0, 0.05) is 29.1 Å². The number of benzene rings is 1. The summed E-state index contributed by atoms with van der Waals surface area (Å²) in [4.78, 5) is 40.9. The van der Waals surface area contributed by atoms with Gasteiger partial charge in [0.15, 0.2) is 0 Å². The van der Waals surface area contributed by atoms with E-state index in [1.807, 2.05) is 30.3 Å². The molecule has 0 radical (unpaired) electrons. The van der Waals surface area contributed by atoms with Gasteiger partial charge in [0.2, 0.25) is 17.5 Å². The molecule has 9 heteroatoms. The molecular weight excluding hydrogens is 384 g/mol. The molecule has 152 valence electrons. The van der Waals surface area contributed by atoms with Crippen molar-refractivity contribution < 1.29 is 14.4 Å². The lowest BCUT2D eigenvalue weighted by atomic mass is 9.90. The van der Waals surface area contributed by atoms with Crippen molar-refractivity contribution >= 4 is 17.5 Å². The summed E-state index contributed by atoms with van der Waals surface area (Å²) >= 11 is 0. The fourth-order valence-corrected chi connectivity index (χ4v) is 4.19. The van der Waals surface area contributed by atoms with Crippen molar-refractivity contribution in [1.29, 1.82) is 0 Å². The standard InChI is InChI=1S/C21H20N6O3/c1-11-18(22)21(30)17-14(9-24-26-23)15-8-13(10-27(15)19(17)20(11)29)25-16(28)7-12-5-3-2-4-6-12/h2-6,13H,7-10,22H2,1H3,(H,25,28)/t13-/m1/s1. The topological polar surface area (TPSA) is 143 Å². The van der Waals surface area contributed by atoms with Gasteiger partial charge >= 0.3 is 0 Å². The summed E-state index contributed by atoms with van der Waals surface area (Å²) in [5.41, 5.74) is 17.4. The van der Waals surface area contributed by atoms with Crippen molar-refractivity contribution in [3.63, 3.8) is 0 Å². The third kappa shape index (κ3) is 3.15. The molecule has 2 aromatic rings. The van der Waals surface area contributed by atoms with Crippen LogP contribution >= 0.6 is 0 Å². The number of aromatic nitrogens is 1. The summed E-state index contributed by atoms with van der Waals surface area (Å²) < 4.78 is 1.77. The van der Waals surface area contributed by atoms with Crippen LogP contribution in [0.3, 0.4) is 0 Å². The van der Waals surface area contributed by atoms with E-state index in [0.717, 1.165) is 11.3 Å². The normalized spacial score (nSPS) is 17.4. The average Bonchev–Trinajstić information content (AvgIpc) is 3.26. The molecule has 0 spiro atoms. The molecule has 30 heavy (non-hydrogen) atoms. The minimum absolute atomic E-state index is 0.0583. The lowest BCUT2D eigenvalue weighted by Crippen LogP contribution is -2.37. The fraction of sp³-hybridized carbons (Fsp3) is 0.286. The molecule has 1 aromatic carbocycles. The molecule has 0 bridgehead atoms. The number of allylic oxidation sites excluding steroid dienone is 2. The van der Waals surface area contributed by atoms with Gasteiger partial charge in [0.05, 0.1) is 30.3 Å². The molecule has 0 fully saturated rings. The van der Waals surface area contributed by atoms with E-state index in [1.165, 1.54) is 6.92 Å². The molecule has 1 atom stereocenters. The maximum absolute atomic E-state index is 12.9. The first-order valence-corrected chi connectivity index (χ1v) is 9.56. The number of azide groups is 1. The van der Waals surface area contributed by atoms with Crippen molar-refractivity contribution in [2.24, 2.45) is 10.8 Å². The van der Waals surface area contributed by atoms with Crippen LogP contribution in [0.5, 0.6) is 0 Å². The van der Waals surface area contributed by atoms with Crippen molar-refractivity contribution in [2.75, 3.05) is 0 Å². The van der Waals surface area contributed by atoms with Crippen LogP contribution in [-0.4, -0.2) is 28.1 Å². The van der Waals surface area contributed by atoms with Crippen molar-refractivity contribution in [3.05, 3.63) is 80.1 Å². The molecule has 9 nitrogen and oxygen atoms in total. The predicted molar refractivity (Wildman–Crippen MR) is 109 cm³/mol. The first-order valence-electron chi connectivity index (χ1n) is 9.56. The number of nitrogens with zero attached hydrogens (tertiary/aromatic N) is 4. The average molecular weight is 404 g/mol. The highest BCUT2D eigenvalue weighted by Crippen LogP contribution is 2.35. The number of hydrogen-bond donors (Lipinski definition) is 2. The molecule has 0 saturated carbocycles. The van der Waals surface area contributed by atoms with Crippen LogP contribution in [0.15, 0.2) is 46.7 Å². The second kappa shape index (κ2) is 7.53. The Kier molecular flexibility index (Phi) is 4.89. The van der Waals surface area contributed by atoms with E-state index in [9.17, 15) is 14.4 Å². The zero-order valence-corrected chi connectivity index (χ0v) is 16.4. The molecule has 2 aliphatic rings. The summed E-state index contributed by atoms with van der Waals surface area (Å²) in [6.45, 7) is 1.83. The fourth-order valence-electron chi connectivity index (χ4n) is 4.19. The number of rotatable bonds is 5. The van der Waals surface area contributed by atoms with E-state index in [0.29, 0.717) is 18.5 Å². The number of Topliss-reactive ketones (excluding diaryl/α,β-unsaturated/α-hetero) is 2. The van der Waals surface area contributed by atoms with Crippen LogP contribution in [0.2, 0.25) is 0 Å². The number of carbonyl (C=O) groups excluding carboxylic acids is 3. The molecule has 1 aromatic heterocycles. The van der Waals surface area contributed by atoms with Gasteiger partial charge in [-0.25, -0.2) is 0 Å². The third-order valence-corrected chi connectivity index (χ3v) is 5.62. The molecular formula is C21H20N6O3. The second-order valence-corrected chi connectivity index (χ2v) is 7.48. The smallest absolute Gasteiger partial charge is 0.224 e. The Morgan fingerprint density at radius 3 is 2.73 bits per heavy atom. The first kappa shape index (κ1) is 19.5. The Balaban J connectivity index is 1.63. The molecule has 4 rings (SSSR count). The molecule has 2 heterocycles. The third-order valence-electron chi connectivity index (χ3n) is 5.62. The number of amides is 1. The Bertz CT molecular complexity index is 1160. The van der Waals surface area contributed by atoms with Crippen LogP contribution in [0, 0.1) is 0 Å². The van der Waals surface area contributed by atoms with E-state index < -0.39 is 5.78 Å². The van der Waals surface area contributed by atoms with E-state index >= 15 is 0 Å². The largest absolute Gasteiger partial charge is 0.395 e. The van der Waals surface area contributed by atoms with E-state index in [-0.39, 0.29) is 53.2 Å². The number of fused-ring (bicyclic) bond motifs is 3. The monoisotopic (exact) mass is 404 g/mol. The molecule has 1 amide bonds. The van der Waals surface area contributed by atoms with E-state index in [4.69, 9.17) is 11.3 Å². The minimum atomic E-state index is -0.420. The summed E-state index contributed by atoms with van der Waals surface area (Å²) in [7, 11) is 0. The quantitative estimate of drug-likeness (QED) is 0.447. The number of nitrogens with two attached hydrogens (primary N) is 1. The maximum Gasteiger partial charge on any atom is 0.224 e. The number of nitrogens with one attached hydrogen (secondary N) is 1. The van der Waals surface area contributed by atoms with Gasteiger partial charge in [-0.1, -0.05) is 35.4 Å². The number of carbonyl (C=O) groups is 3. The zero-order chi connectivity index (χ0) is 21.4. The van der Waals surface area contributed by atoms with Crippen molar-refractivity contribution in [3.8, 4) is 0 Å². The molecule has 0 unspecified atom stereocenters. The van der Waals surface area contributed by atoms with E-state index in [2.05, 4.69) is 15.3 Å². The van der Waals surface area contributed by atoms with Gasteiger partial charge in [0.1, 0.15) is 5.69 Å². The maximum atomic E-state index is 12.9. The first-order chi connectivity index (χ1) is 14.4. The van der Waals surface area contributed by atoms with E-state index in [1.54, 1.807) is 4.57 Å². The lowest BCUT2D eigenvalue weighted by Gasteiger charge is -2.18. The van der Waals surface area contributed by atoms with Crippen LogP contribution < -0.4 is 11.1 Å². The molecule has 1 aliphatic carbocycles. The summed E-state index contributed by atoms with van der Waals surface area (Å²) in [6.07, 6.45) is 0.690. The Morgan fingerprint density at radius 2 is 2.03 bits per heavy atom. The van der Waals surface area contributed by atoms with Crippen molar-refractivity contribution in [1.82, 2.24) is 9.88 Å². The highest BCUT2D eigenvalue weighted by atomic mass is 16.2. The van der Waals surface area contributed by atoms with Crippen LogP contribution in [0.1, 0.15) is 44.6 Å². The SMILES string of the molecule is CC1=C(N)C(=O)c2c(CN=[N+]=[N-])c3n(c2C1=O)C[C@H](NC(=O)Cc1ccccc1)C3. The Morgan fingerprint density at radius 1 is 1.30 bits per heavy atom. The van der Waals surface area contributed by atoms with Gasteiger partial charge in [-0.05, 0) is 23.6 Å². The minimum Gasteiger partial charge on any atom is -0.395 e. The molecule has 3 N–H and O–H groups in total. The van der Waals surface area contributed by atoms with Crippen LogP contribution in [0.4, 0.5) is 0 Å². The number of ketones is 2. The highest BCUT2D eigenvalue weighted by Gasteiger charge is 2.40. The van der Waals surface area contributed by atoms with Gasteiger partial charge in [-0.3, -0.25) is 14.4 Å². The zero-order valence-electron chi connectivity index (χ0n) is 16.4. The predicted octanol–water partition coefficient (Wildman–Crippen LogP) is 2.19. The van der Waals surface area contributed by atoms with Gasteiger partial charge < -0.3 is 15.6 Å². The Hall–Kier alpha value is -3.84. The molecule has 0 saturated heterocycles. The second-order valence-electron chi connectivity index (χ2n) is 7.48. The van der Waals surface area contributed by atoms with Gasteiger partial charge in [0.25, 0.3) is 0 Å². The molecule has 1 aliphatic heterocycles. The number of hydrogen-bond acceptors (Lipinski definition) is 5. The van der Waals surface area contributed by atoms with Gasteiger partial charge in [-0.15, -0.1) is 0 Å². The van der Waals surface area contributed by atoms with Crippen molar-refractivity contribution in [2.45, 2.75) is 38.9 Å². The lowest BCUT2D eigenvalue weighted by molar-refractivity contribution is -0.121. The summed E-state index contributed by atoms with van der Waals surface area (Å²) in [5.74, 6) is -0.853. The summed E-state index contributed by atoms with van der Waals surface area (Å²) in [5, 5.41) is 6.61. The Labute approximate surface area is 172 Å². The van der Waals surface area contributed by atoms with Crippen LogP contribution in [0.25, 0.3) is 10.4 Å². The summed E-state index contributed by atoms with van der Waals surface area (Å²) in [6, 6.07) is 9.19. The highest BCUT2D eigenvalue weighted by molar-refractivity contribution is 6.26.